The number of benzene rings is 2. The van der Waals surface area contributed by atoms with Gasteiger partial charge < -0.3 is 5.32 Å². The molecule has 202 valence electrons. The van der Waals surface area contributed by atoms with Crippen LogP contribution in [0.3, 0.4) is 0 Å². The van der Waals surface area contributed by atoms with Crippen molar-refractivity contribution in [3.05, 3.63) is 105 Å². The molecule has 5 rings (SSSR count). The zero-order valence-electron chi connectivity index (χ0n) is 20.4. The standard InChI is InChI=1S/C28H22Cl2F4N4O/c29-22-12-17(3-5-23(22)31)2-1-10-37-11-8-25-21(16-37)20-14-19(28(32,33)34)4-6-24(20)38(25)27(39)36-15-18-7-9-35-26(30)13-18/h1-7,9,12-14H,8,10-11,15-16H2,(H,36,39)/b2-1+. The Morgan fingerprint density at radius 1 is 1.10 bits per heavy atom. The first kappa shape index (κ1) is 27.2. The Hall–Kier alpha value is -3.40. The molecule has 1 aliphatic heterocycles. The number of nitrogens with zero attached hydrogens (tertiary/aromatic N) is 3. The summed E-state index contributed by atoms with van der Waals surface area (Å²) in [5.41, 5.74) is 2.48. The number of hydrogen-bond donors (Lipinski definition) is 1. The highest BCUT2D eigenvalue weighted by Crippen LogP contribution is 2.36. The van der Waals surface area contributed by atoms with Crippen molar-refractivity contribution >= 4 is 46.2 Å². The van der Waals surface area contributed by atoms with Gasteiger partial charge in [-0.15, -0.1) is 0 Å². The Morgan fingerprint density at radius 2 is 1.92 bits per heavy atom. The lowest BCUT2D eigenvalue weighted by Gasteiger charge is -2.27. The van der Waals surface area contributed by atoms with Crippen molar-refractivity contribution in [2.75, 3.05) is 13.1 Å². The van der Waals surface area contributed by atoms with Crippen molar-refractivity contribution in [1.29, 1.82) is 0 Å². The molecule has 11 heteroatoms. The van der Waals surface area contributed by atoms with Crippen LogP contribution in [-0.4, -0.2) is 33.6 Å². The minimum atomic E-state index is -4.51. The molecular weight excluding hydrogens is 555 g/mol. The summed E-state index contributed by atoms with van der Waals surface area (Å²) < 4.78 is 55.6. The van der Waals surface area contributed by atoms with Crippen LogP contribution < -0.4 is 5.32 Å². The van der Waals surface area contributed by atoms with Gasteiger partial charge in [0, 0.05) is 49.9 Å². The van der Waals surface area contributed by atoms with Gasteiger partial charge in [0.2, 0.25) is 0 Å². The van der Waals surface area contributed by atoms with Crippen molar-refractivity contribution in [3.63, 3.8) is 0 Å². The molecule has 1 amide bonds. The van der Waals surface area contributed by atoms with Crippen molar-refractivity contribution < 1.29 is 22.4 Å². The number of hydrogen-bond acceptors (Lipinski definition) is 3. The molecule has 2 aromatic heterocycles. The Kier molecular flexibility index (Phi) is 7.66. The van der Waals surface area contributed by atoms with Crippen LogP contribution in [0.5, 0.6) is 0 Å². The van der Waals surface area contributed by atoms with Gasteiger partial charge in [-0.3, -0.25) is 9.47 Å². The normalized spacial score (nSPS) is 14.2. The predicted octanol–water partition coefficient (Wildman–Crippen LogP) is 7.33. The molecule has 0 unspecified atom stereocenters. The first-order chi connectivity index (χ1) is 18.6. The van der Waals surface area contributed by atoms with Crippen molar-refractivity contribution in [3.8, 4) is 0 Å². The van der Waals surface area contributed by atoms with E-state index in [9.17, 15) is 22.4 Å². The van der Waals surface area contributed by atoms with E-state index in [1.54, 1.807) is 18.2 Å². The predicted molar refractivity (Wildman–Crippen MR) is 143 cm³/mol. The number of nitrogens with one attached hydrogen (secondary N) is 1. The van der Waals surface area contributed by atoms with Crippen LogP contribution in [-0.2, 0) is 25.7 Å². The zero-order chi connectivity index (χ0) is 27.7. The summed E-state index contributed by atoms with van der Waals surface area (Å²) in [7, 11) is 0. The van der Waals surface area contributed by atoms with Gasteiger partial charge in [-0.05, 0) is 59.2 Å². The second-order valence-corrected chi connectivity index (χ2v) is 9.99. The van der Waals surface area contributed by atoms with Gasteiger partial charge in [-0.1, -0.05) is 41.4 Å². The quantitative estimate of drug-likeness (QED) is 0.200. The number of aromatic nitrogens is 2. The summed E-state index contributed by atoms with van der Waals surface area (Å²) in [5.74, 6) is -0.499. The SMILES string of the molecule is O=C(NCc1ccnc(Cl)c1)n1c2c(c3cc(C(F)(F)F)ccc31)CN(C/C=C/c1ccc(F)c(Cl)c1)CC2. The molecule has 0 aliphatic carbocycles. The summed E-state index contributed by atoms with van der Waals surface area (Å²) in [6, 6.07) is 10.8. The lowest BCUT2D eigenvalue weighted by molar-refractivity contribution is -0.137. The number of carbonyl (C=O) groups excluding carboxylic acids is 1. The van der Waals surface area contributed by atoms with E-state index in [1.165, 1.54) is 29.0 Å². The van der Waals surface area contributed by atoms with Gasteiger partial charge in [-0.25, -0.2) is 14.2 Å². The Balaban J connectivity index is 1.42. The Bertz CT molecular complexity index is 1580. The van der Waals surface area contributed by atoms with Crippen LogP contribution in [0.15, 0.2) is 60.8 Å². The van der Waals surface area contributed by atoms with E-state index in [0.717, 1.165) is 23.3 Å². The van der Waals surface area contributed by atoms with Crippen LogP contribution in [0.1, 0.15) is 27.9 Å². The highest BCUT2D eigenvalue weighted by molar-refractivity contribution is 6.30. The molecule has 1 N–H and O–H groups in total. The van der Waals surface area contributed by atoms with Gasteiger partial charge in [0.05, 0.1) is 16.1 Å². The number of rotatable bonds is 5. The lowest BCUT2D eigenvalue weighted by atomic mass is 10.0. The number of fused-ring (bicyclic) bond motifs is 3. The molecule has 1 aliphatic rings. The molecule has 0 atom stereocenters. The number of pyridine rings is 1. The number of amides is 1. The van der Waals surface area contributed by atoms with E-state index >= 15 is 0 Å². The molecule has 0 radical (unpaired) electrons. The maximum atomic E-state index is 13.6. The molecule has 39 heavy (non-hydrogen) atoms. The van der Waals surface area contributed by atoms with E-state index in [2.05, 4.69) is 15.2 Å². The second kappa shape index (κ2) is 11.0. The Labute approximate surface area is 231 Å². The van der Waals surface area contributed by atoms with Crippen LogP contribution in [0.4, 0.5) is 22.4 Å². The van der Waals surface area contributed by atoms with Crippen molar-refractivity contribution in [2.24, 2.45) is 0 Å². The molecule has 0 saturated carbocycles. The molecule has 4 aromatic rings. The summed E-state index contributed by atoms with van der Waals surface area (Å²) >= 11 is 11.8. The van der Waals surface area contributed by atoms with E-state index < -0.39 is 23.6 Å². The van der Waals surface area contributed by atoms with Crippen LogP contribution in [0, 0.1) is 5.82 Å². The second-order valence-electron chi connectivity index (χ2n) is 9.20. The summed E-state index contributed by atoms with van der Waals surface area (Å²) in [5, 5.41) is 3.55. The van der Waals surface area contributed by atoms with Gasteiger partial charge in [0.25, 0.3) is 0 Å². The van der Waals surface area contributed by atoms with E-state index in [1.807, 2.05) is 12.2 Å². The molecular formula is C28H22Cl2F4N4O. The maximum absolute atomic E-state index is 13.6. The largest absolute Gasteiger partial charge is 0.416 e. The fourth-order valence-corrected chi connectivity index (χ4v) is 5.13. The third kappa shape index (κ3) is 5.95. The van der Waals surface area contributed by atoms with Gasteiger partial charge in [0.1, 0.15) is 11.0 Å². The van der Waals surface area contributed by atoms with E-state index in [-0.39, 0.29) is 11.6 Å². The molecule has 0 bridgehead atoms. The third-order valence-electron chi connectivity index (χ3n) is 6.61. The topological polar surface area (TPSA) is 50.2 Å². The molecule has 3 heterocycles. The van der Waals surface area contributed by atoms with Crippen molar-refractivity contribution in [2.45, 2.75) is 25.7 Å². The van der Waals surface area contributed by atoms with Crippen LogP contribution in [0.25, 0.3) is 17.0 Å². The molecule has 5 nitrogen and oxygen atoms in total. The third-order valence-corrected chi connectivity index (χ3v) is 7.11. The van der Waals surface area contributed by atoms with Crippen molar-refractivity contribution in [1.82, 2.24) is 19.8 Å². The van der Waals surface area contributed by atoms with Gasteiger partial charge >= 0.3 is 12.2 Å². The molecule has 0 saturated heterocycles. The summed E-state index contributed by atoms with van der Waals surface area (Å²) in [4.78, 5) is 19.3. The number of carbonyl (C=O) groups is 1. The van der Waals surface area contributed by atoms with Crippen LogP contribution >= 0.6 is 23.2 Å². The monoisotopic (exact) mass is 576 g/mol. The highest BCUT2D eigenvalue weighted by Gasteiger charge is 2.33. The zero-order valence-corrected chi connectivity index (χ0v) is 21.9. The Morgan fingerprint density at radius 3 is 2.67 bits per heavy atom. The lowest BCUT2D eigenvalue weighted by Crippen LogP contribution is -2.34. The summed E-state index contributed by atoms with van der Waals surface area (Å²) in [6.07, 6.45) is 1.19. The molecule has 2 aromatic carbocycles. The number of halogens is 6. The fraction of sp³-hybridized carbons (Fsp3) is 0.214. The average molecular weight is 577 g/mol. The first-order valence-corrected chi connectivity index (χ1v) is 12.8. The molecule has 0 fully saturated rings. The van der Waals surface area contributed by atoms with Crippen LogP contribution in [0.2, 0.25) is 10.2 Å². The smallest absolute Gasteiger partial charge is 0.333 e. The first-order valence-electron chi connectivity index (χ1n) is 12.1. The minimum Gasteiger partial charge on any atom is -0.333 e. The van der Waals surface area contributed by atoms with Gasteiger partial charge in [-0.2, -0.15) is 13.2 Å². The number of alkyl halides is 3. The maximum Gasteiger partial charge on any atom is 0.416 e. The minimum absolute atomic E-state index is 0.0262. The molecule has 0 spiro atoms. The summed E-state index contributed by atoms with van der Waals surface area (Å²) in [6.45, 7) is 1.65. The highest BCUT2D eigenvalue weighted by atomic mass is 35.5. The average Bonchev–Trinajstić information content (AvgIpc) is 3.22. The fourth-order valence-electron chi connectivity index (χ4n) is 4.74. The van der Waals surface area contributed by atoms with E-state index in [4.69, 9.17) is 23.2 Å². The van der Waals surface area contributed by atoms with E-state index in [0.29, 0.717) is 53.4 Å². The van der Waals surface area contributed by atoms with Gasteiger partial charge in [0.15, 0.2) is 0 Å².